The van der Waals surface area contributed by atoms with E-state index in [-0.39, 0.29) is 175 Å². The monoisotopic (exact) mass is 1980 g/mol. The Morgan fingerprint density at radius 1 is 0.451 bits per heavy atom. The molecule has 0 saturated carbocycles. The van der Waals surface area contributed by atoms with Crippen molar-refractivity contribution in [3.8, 4) is 17.2 Å². The van der Waals surface area contributed by atoms with Crippen LogP contribution in [0.25, 0.3) is 0 Å². The number of carbonyl (C=O) groups is 5. The molecule has 14 rings (SSSR count). The Morgan fingerprint density at radius 2 is 0.767 bits per heavy atom. The van der Waals surface area contributed by atoms with E-state index in [1.54, 1.807) is 106 Å². The minimum atomic E-state index is -3.58. The third kappa shape index (κ3) is 22.8. The Labute approximate surface area is 770 Å². The average molecular weight is 1990 g/mol. The lowest BCUT2D eigenvalue weighted by Gasteiger charge is -2.52. The average Bonchev–Trinajstić information content (AvgIpc) is 1.72. The van der Waals surface area contributed by atoms with Gasteiger partial charge in [-0.2, -0.15) is 0 Å². The van der Waals surface area contributed by atoms with Gasteiger partial charge in [0.25, 0.3) is 29.5 Å². The third-order valence-corrected chi connectivity index (χ3v) is 29.5. The maximum absolute atomic E-state index is 14.3. The van der Waals surface area contributed by atoms with Crippen molar-refractivity contribution in [3.05, 3.63) is 260 Å². The minimum absolute atomic E-state index is 0.00134. The molecule has 6 aliphatic rings. The van der Waals surface area contributed by atoms with Crippen LogP contribution in [-0.4, -0.2) is 219 Å². The molecule has 5 amide bonds. The van der Waals surface area contributed by atoms with Gasteiger partial charge in [0.2, 0.25) is 16.3 Å². The van der Waals surface area contributed by atoms with Crippen molar-refractivity contribution in [2.45, 2.75) is 111 Å². The molecule has 3 aromatic heterocycles. The molecule has 9 heterocycles. The number of nitrogens with one attached hydrogen (secondary N) is 2. The molecule has 0 unspecified atom stereocenters. The van der Waals surface area contributed by atoms with Crippen LogP contribution in [0, 0.1) is 34.9 Å². The molecule has 45 heteroatoms. The van der Waals surface area contributed by atoms with E-state index in [1.165, 1.54) is 50.6 Å². The van der Waals surface area contributed by atoms with Gasteiger partial charge in [-0.3, -0.25) is 81.1 Å². The van der Waals surface area contributed by atoms with E-state index < -0.39 is 137 Å². The van der Waals surface area contributed by atoms with Crippen molar-refractivity contribution < 1.29 is 120 Å². The van der Waals surface area contributed by atoms with Crippen molar-refractivity contribution in [2.75, 3.05) is 154 Å². The summed E-state index contributed by atoms with van der Waals surface area (Å²) in [6.45, 7) is 12.4. The number of amides is 5. The van der Waals surface area contributed by atoms with Crippen LogP contribution >= 0.6 is 38.7 Å². The number of pyridine rings is 3. The molecular weight excluding hydrogens is 1880 g/mol. The number of nitrogens with two attached hydrogens (primary N) is 1. The molecule has 3 atom stereocenters. The van der Waals surface area contributed by atoms with Crippen molar-refractivity contribution in [3.63, 3.8) is 0 Å². The first kappa shape index (κ1) is 103. The van der Waals surface area contributed by atoms with Crippen LogP contribution in [0.4, 0.5) is 26.3 Å². The summed E-state index contributed by atoms with van der Waals surface area (Å²) in [5.74, 6) is -9.30. The Bertz CT molecular complexity index is 5850. The number of carbonyl (C=O) groups excluding carboxylic acids is 5. The van der Waals surface area contributed by atoms with E-state index in [4.69, 9.17) is 56.6 Å². The highest BCUT2D eigenvalue weighted by Crippen LogP contribution is 2.52. The van der Waals surface area contributed by atoms with E-state index in [1.807, 2.05) is 41.4 Å². The number of ether oxygens (including phenoxy) is 5. The standard InChI is InChI=1S/C32H37F2N4O8P.C25H31F2N4O8P.C24H31BrN3O7P.C7H7F2N/c1-4-45-47(42,46-5-2)16-14-38-32(13-15-43-21-32)36(3)31(41)27-29(44-20-22-9-7-6-8-10-22)28(39)25(19-37(27)38)30(40)35-18-23-11-12-24(33)17-26(23)34;1-4-38-40(36,39-5-2)11-9-31-25(8-10-37-15-25)29(3)24(35)20-22(33)21(32)18(14-30(20)31)23(34)28-13-16-6-7-17(26)12-19(16)27;1-4-34-36(31,35-5-2)14-12-28-24(11-13-32-17-24)26(3)23(30)20-22(21(29)19(25)15-27(20)28)33-16-18-9-7-6-8-10-18;8-6-2-1-5(4-10)7(9)3-6/h6-12,17,19H,4-5,13-16,18,20-21H2,1-3H3,(H,35,40);6-7,12,14,33H,4-5,8-11,13,15H2,1-3H3,(H,28,34);6-10,15H,4-5,11-14,16-17H2,1-3H3;1-3H,4,10H2/t32-;25-;24-;/m111./s1. The van der Waals surface area contributed by atoms with Crippen LogP contribution in [0.15, 0.2) is 153 Å². The highest BCUT2D eigenvalue weighted by Gasteiger charge is 2.57. The molecular formula is C88H106BrF6N12O23P3. The molecule has 133 heavy (non-hydrogen) atoms. The number of hydrogen-bond acceptors (Lipinski definition) is 27. The second kappa shape index (κ2) is 45.2. The van der Waals surface area contributed by atoms with Gasteiger partial charge < -0.3 is 87.0 Å². The lowest BCUT2D eigenvalue weighted by Crippen LogP contribution is -2.70. The van der Waals surface area contributed by atoms with Gasteiger partial charge in [0.1, 0.15) is 59.2 Å². The summed E-state index contributed by atoms with van der Waals surface area (Å²) in [5.41, 5.74) is 0.236. The fourth-order valence-corrected chi connectivity index (χ4v) is 21.0. The molecule has 3 saturated heterocycles. The fourth-order valence-electron chi connectivity index (χ4n) is 16.0. The molecule has 5 N–H and O–H groups in total. The van der Waals surface area contributed by atoms with E-state index in [2.05, 4.69) is 26.6 Å². The predicted molar refractivity (Wildman–Crippen MR) is 480 cm³/mol. The van der Waals surface area contributed by atoms with Crippen LogP contribution in [0.5, 0.6) is 17.2 Å². The van der Waals surface area contributed by atoms with Crippen LogP contribution in [0.2, 0.25) is 0 Å². The molecule has 720 valence electrons. The van der Waals surface area contributed by atoms with Crippen LogP contribution in [-0.2, 0) is 87.9 Å². The third-order valence-electron chi connectivity index (χ3n) is 22.8. The Kier molecular flexibility index (Phi) is 35.0. The molecule has 35 nitrogen and oxygen atoms in total. The molecule has 3 fully saturated rings. The molecule has 0 aliphatic carbocycles. The Morgan fingerprint density at radius 3 is 1.09 bits per heavy atom. The van der Waals surface area contributed by atoms with E-state index in [0.717, 1.165) is 36.0 Å². The summed E-state index contributed by atoms with van der Waals surface area (Å²) in [5, 5.41) is 21.0. The molecule has 0 bridgehead atoms. The largest absolute Gasteiger partial charge is 0.502 e. The van der Waals surface area contributed by atoms with Crippen molar-refractivity contribution in [1.29, 1.82) is 0 Å². The van der Waals surface area contributed by atoms with Gasteiger partial charge in [0.05, 0.1) is 102 Å². The van der Waals surface area contributed by atoms with Gasteiger partial charge in [0.15, 0.2) is 51.3 Å². The maximum Gasteiger partial charge on any atom is 0.332 e. The SMILES string of the molecule is CCOP(=O)(CCN1n2cc(Br)c(=O)c(OCc3ccccc3)c2C(=O)N(C)[C@]12CCOC2)OCC.CCOP(=O)(CCN1n2cc(C(=O)NCc3ccc(F)cc3F)c(=O)c(O)c2C(=O)N(C)[C@]12CCOC2)OCC.CCOP(=O)(CCN1n2cc(C(=O)NCc3ccc(F)cc3F)c(=O)c(OCc3ccccc3)c2C(=O)N(C)[C@]12CCOC2)OCC.NCc1ccc(F)cc1F. The summed E-state index contributed by atoms with van der Waals surface area (Å²) in [7, 11) is -5.75. The Hall–Kier alpha value is -10.6. The molecule has 5 aromatic carbocycles. The van der Waals surface area contributed by atoms with Gasteiger partial charge in [-0.05, 0) is 86.8 Å². The van der Waals surface area contributed by atoms with Crippen molar-refractivity contribution in [2.24, 2.45) is 5.73 Å². The zero-order chi connectivity index (χ0) is 96.5. The number of nitrogens with zero attached hydrogens (tertiary/aromatic N) is 9. The van der Waals surface area contributed by atoms with Crippen LogP contribution in [0.1, 0.15) is 141 Å². The summed E-state index contributed by atoms with van der Waals surface area (Å²) in [6.07, 6.45) is 5.00. The lowest BCUT2D eigenvalue weighted by molar-refractivity contribution is 0.0299. The number of hydrogen-bond donors (Lipinski definition) is 4. The van der Waals surface area contributed by atoms with Gasteiger partial charge in [-0.25, -0.2) is 26.3 Å². The van der Waals surface area contributed by atoms with Gasteiger partial charge in [-0.15, -0.1) is 0 Å². The fraction of sp³-hybridized carbons (Fsp3) is 0.432. The zero-order valence-corrected chi connectivity index (χ0v) is 78.9. The molecule has 0 radical (unpaired) electrons. The normalized spacial score (nSPS) is 18.0. The zero-order valence-electron chi connectivity index (χ0n) is 74.6. The number of aromatic hydroxyl groups is 1. The quantitative estimate of drug-likeness (QED) is 0.0215. The van der Waals surface area contributed by atoms with E-state index in [0.29, 0.717) is 62.3 Å². The second-order valence-corrected chi connectivity index (χ2v) is 38.2. The molecule has 8 aromatic rings. The van der Waals surface area contributed by atoms with Gasteiger partial charge in [0, 0.05) is 133 Å². The summed E-state index contributed by atoms with van der Waals surface area (Å²) in [6, 6.07) is 27.5. The van der Waals surface area contributed by atoms with Crippen molar-refractivity contribution >= 4 is 68.3 Å². The minimum Gasteiger partial charge on any atom is -0.502 e. The number of likely N-dealkylation sites (N-methyl/N-ethyl adjacent to an activating group) is 3. The number of benzene rings is 5. The Balaban J connectivity index is 0.000000183. The predicted octanol–water partition coefficient (Wildman–Crippen LogP) is 11.2. The lowest BCUT2D eigenvalue weighted by atomic mass is 10.0. The summed E-state index contributed by atoms with van der Waals surface area (Å²) >= 11 is 3.35. The summed E-state index contributed by atoms with van der Waals surface area (Å²) < 4.78 is 186. The number of halogens is 7. The number of rotatable bonds is 34. The topological polar surface area (TPSA) is 394 Å². The number of aromatic nitrogens is 3. The second-order valence-electron chi connectivity index (χ2n) is 30.8. The van der Waals surface area contributed by atoms with E-state index in [9.17, 15) is 83.5 Å². The van der Waals surface area contributed by atoms with Gasteiger partial charge >= 0.3 is 22.8 Å². The van der Waals surface area contributed by atoms with Crippen molar-refractivity contribution in [1.82, 2.24) is 39.4 Å². The first-order chi connectivity index (χ1) is 63.5. The van der Waals surface area contributed by atoms with Gasteiger partial charge in [-0.1, -0.05) is 78.9 Å². The smallest absolute Gasteiger partial charge is 0.332 e. The van der Waals surface area contributed by atoms with E-state index >= 15 is 0 Å². The molecule has 3 spiro atoms. The summed E-state index contributed by atoms with van der Waals surface area (Å²) in [4.78, 5) is 112. The first-order valence-electron chi connectivity index (χ1n) is 42.7. The highest BCUT2D eigenvalue weighted by atomic mass is 79.9. The van der Waals surface area contributed by atoms with Crippen LogP contribution < -0.4 is 57.2 Å². The highest BCUT2D eigenvalue weighted by molar-refractivity contribution is 9.10. The van der Waals surface area contributed by atoms with Crippen LogP contribution in [0.3, 0.4) is 0 Å². The maximum atomic E-state index is 14.3. The first-order valence-corrected chi connectivity index (χ1v) is 48.7. The molecule has 6 aliphatic heterocycles. The number of fused-ring (bicyclic) bond motifs is 3.